The Bertz CT molecular complexity index is 459. The molecule has 1 saturated carbocycles. The number of nitrogens with one attached hydrogen (secondary N) is 2. The first kappa shape index (κ1) is 14.4. The Morgan fingerprint density at radius 1 is 1.05 bits per heavy atom. The van der Waals surface area contributed by atoms with Crippen molar-refractivity contribution in [2.75, 3.05) is 31.5 Å². The van der Waals surface area contributed by atoms with E-state index in [9.17, 15) is 4.79 Å². The molecule has 1 aromatic carbocycles. The van der Waals surface area contributed by atoms with Gasteiger partial charge in [0.2, 0.25) is 0 Å². The van der Waals surface area contributed by atoms with Crippen LogP contribution in [-0.2, 0) is 0 Å². The number of carbonyl (C=O) groups excluding carboxylic acids is 1. The fraction of sp³-hybridized carbons (Fsp3) is 0.588. The molecule has 1 aliphatic carbocycles. The maximum absolute atomic E-state index is 12.1. The minimum atomic E-state index is 0.0157. The van der Waals surface area contributed by atoms with Crippen LogP contribution in [0.5, 0.6) is 0 Å². The van der Waals surface area contributed by atoms with E-state index < -0.39 is 0 Å². The number of nitrogens with zero attached hydrogens (tertiary/aromatic N) is 1. The summed E-state index contributed by atoms with van der Waals surface area (Å²) in [5.74, 6) is 0.719. The lowest BCUT2D eigenvalue weighted by atomic mass is 9.84. The lowest BCUT2D eigenvalue weighted by molar-refractivity contribution is 0.204. The van der Waals surface area contributed by atoms with Crippen LogP contribution >= 0.6 is 0 Å². The highest BCUT2D eigenvalue weighted by atomic mass is 16.2. The summed E-state index contributed by atoms with van der Waals surface area (Å²) in [6.07, 6.45) is 6.71. The Balaban J connectivity index is 1.57. The van der Waals surface area contributed by atoms with E-state index in [4.69, 9.17) is 0 Å². The summed E-state index contributed by atoms with van der Waals surface area (Å²) in [6, 6.07) is 8.47. The molecule has 3 rings (SSSR count). The number of anilines is 1. The van der Waals surface area contributed by atoms with Crippen LogP contribution in [0.2, 0.25) is 0 Å². The molecular formula is C17H25N3O. The summed E-state index contributed by atoms with van der Waals surface area (Å²) in [7, 11) is 0. The monoisotopic (exact) mass is 287 g/mol. The molecule has 1 saturated heterocycles. The highest BCUT2D eigenvalue weighted by molar-refractivity contribution is 5.89. The van der Waals surface area contributed by atoms with Gasteiger partial charge in [0.05, 0.1) is 0 Å². The number of benzene rings is 1. The molecule has 0 unspecified atom stereocenters. The molecule has 0 spiro atoms. The van der Waals surface area contributed by atoms with Gasteiger partial charge in [-0.3, -0.25) is 0 Å². The van der Waals surface area contributed by atoms with Crippen molar-refractivity contribution in [3.8, 4) is 0 Å². The molecule has 0 aromatic heterocycles. The lowest BCUT2D eigenvalue weighted by Crippen LogP contribution is -2.48. The molecule has 114 valence electrons. The Morgan fingerprint density at radius 2 is 1.71 bits per heavy atom. The molecule has 2 fully saturated rings. The zero-order valence-corrected chi connectivity index (χ0v) is 12.6. The first-order valence-electron chi connectivity index (χ1n) is 8.19. The summed E-state index contributed by atoms with van der Waals surface area (Å²) in [5.41, 5.74) is 2.33. The molecule has 0 bridgehead atoms. The van der Waals surface area contributed by atoms with E-state index in [1.54, 1.807) is 0 Å². The standard InChI is InChI=1S/C17H25N3O/c21-17(20-12-10-18-11-13-20)19-16-8-6-15(7-9-16)14-4-2-1-3-5-14/h6-9,14,18H,1-5,10-13H2,(H,19,21). The van der Waals surface area contributed by atoms with Crippen LogP contribution in [0.4, 0.5) is 10.5 Å². The molecule has 2 aliphatic rings. The lowest BCUT2D eigenvalue weighted by Gasteiger charge is -2.27. The van der Waals surface area contributed by atoms with Gasteiger partial charge in [0.25, 0.3) is 0 Å². The summed E-state index contributed by atoms with van der Waals surface area (Å²) in [5, 5.41) is 6.26. The van der Waals surface area contributed by atoms with E-state index in [0.29, 0.717) is 0 Å². The third-order valence-corrected chi connectivity index (χ3v) is 4.64. The van der Waals surface area contributed by atoms with Crippen molar-refractivity contribution in [1.82, 2.24) is 10.2 Å². The van der Waals surface area contributed by atoms with E-state index in [2.05, 4.69) is 22.8 Å². The van der Waals surface area contributed by atoms with Crippen molar-refractivity contribution in [3.05, 3.63) is 29.8 Å². The number of amides is 2. The average molecular weight is 287 g/mol. The Morgan fingerprint density at radius 3 is 2.38 bits per heavy atom. The van der Waals surface area contributed by atoms with E-state index in [-0.39, 0.29) is 6.03 Å². The van der Waals surface area contributed by atoms with Gasteiger partial charge >= 0.3 is 6.03 Å². The van der Waals surface area contributed by atoms with E-state index in [0.717, 1.165) is 37.8 Å². The molecule has 1 aliphatic heterocycles. The molecule has 1 aromatic rings. The van der Waals surface area contributed by atoms with Crippen LogP contribution in [0, 0.1) is 0 Å². The number of hydrogen-bond acceptors (Lipinski definition) is 2. The van der Waals surface area contributed by atoms with Crippen molar-refractivity contribution in [3.63, 3.8) is 0 Å². The van der Waals surface area contributed by atoms with Crippen molar-refractivity contribution >= 4 is 11.7 Å². The maximum atomic E-state index is 12.1. The van der Waals surface area contributed by atoms with Gasteiger partial charge in [-0.1, -0.05) is 31.4 Å². The van der Waals surface area contributed by atoms with Crippen LogP contribution in [0.3, 0.4) is 0 Å². The molecule has 2 amide bonds. The van der Waals surface area contributed by atoms with Crippen molar-refractivity contribution < 1.29 is 4.79 Å². The van der Waals surface area contributed by atoms with Gasteiger partial charge in [-0.05, 0) is 36.5 Å². The highest BCUT2D eigenvalue weighted by Gasteiger charge is 2.17. The minimum Gasteiger partial charge on any atom is -0.322 e. The number of hydrogen-bond donors (Lipinski definition) is 2. The van der Waals surface area contributed by atoms with Crippen LogP contribution in [0.25, 0.3) is 0 Å². The molecule has 0 radical (unpaired) electrons. The third-order valence-electron chi connectivity index (χ3n) is 4.64. The summed E-state index contributed by atoms with van der Waals surface area (Å²) < 4.78 is 0. The zero-order valence-electron chi connectivity index (χ0n) is 12.6. The second-order valence-electron chi connectivity index (χ2n) is 6.12. The molecule has 4 heteroatoms. The van der Waals surface area contributed by atoms with Gasteiger partial charge in [0.1, 0.15) is 0 Å². The Labute approximate surface area is 126 Å². The predicted octanol–water partition coefficient (Wildman–Crippen LogP) is 3.17. The van der Waals surface area contributed by atoms with Gasteiger partial charge in [-0.2, -0.15) is 0 Å². The molecule has 21 heavy (non-hydrogen) atoms. The summed E-state index contributed by atoms with van der Waals surface area (Å²) >= 11 is 0. The van der Waals surface area contributed by atoms with Crippen molar-refractivity contribution in [2.45, 2.75) is 38.0 Å². The van der Waals surface area contributed by atoms with E-state index in [1.165, 1.54) is 37.7 Å². The molecule has 4 nitrogen and oxygen atoms in total. The maximum Gasteiger partial charge on any atom is 0.321 e. The SMILES string of the molecule is O=C(Nc1ccc(C2CCCCC2)cc1)N1CCNCC1. The quantitative estimate of drug-likeness (QED) is 0.877. The topological polar surface area (TPSA) is 44.4 Å². The van der Waals surface area contributed by atoms with Crippen LogP contribution in [-0.4, -0.2) is 37.1 Å². The zero-order chi connectivity index (χ0) is 14.5. The van der Waals surface area contributed by atoms with Crippen LogP contribution < -0.4 is 10.6 Å². The van der Waals surface area contributed by atoms with Crippen LogP contribution in [0.1, 0.15) is 43.6 Å². The van der Waals surface area contributed by atoms with Crippen LogP contribution in [0.15, 0.2) is 24.3 Å². The second-order valence-corrected chi connectivity index (χ2v) is 6.12. The number of piperazine rings is 1. The van der Waals surface area contributed by atoms with E-state index in [1.807, 2.05) is 17.0 Å². The third kappa shape index (κ3) is 3.76. The van der Waals surface area contributed by atoms with Crippen molar-refractivity contribution in [1.29, 1.82) is 0 Å². The Hall–Kier alpha value is -1.55. The second kappa shape index (κ2) is 6.94. The van der Waals surface area contributed by atoms with Gasteiger partial charge in [0.15, 0.2) is 0 Å². The normalized spacial score (nSPS) is 20.3. The minimum absolute atomic E-state index is 0.0157. The predicted molar refractivity (Wildman–Crippen MR) is 85.7 cm³/mol. The van der Waals surface area contributed by atoms with Crippen molar-refractivity contribution in [2.24, 2.45) is 0 Å². The fourth-order valence-electron chi connectivity index (χ4n) is 3.34. The fourth-order valence-corrected chi connectivity index (χ4v) is 3.34. The molecular weight excluding hydrogens is 262 g/mol. The van der Waals surface area contributed by atoms with Gasteiger partial charge in [-0.25, -0.2) is 4.79 Å². The van der Waals surface area contributed by atoms with Gasteiger partial charge in [-0.15, -0.1) is 0 Å². The smallest absolute Gasteiger partial charge is 0.321 e. The van der Waals surface area contributed by atoms with E-state index >= 15 is 0 Å². The largest absolute Gasteiger partial charge is 0.322 e. The molecule has 2 N–H and O–H groups in total. The number of urea groups is 1. The van der Waals surface area contributed by atoms with Gasteiger partial charge < -0.3 is 15.5 Å². The number of rotatable bonds is 2. The first-order valence-corrected chi connectivity index (χ1v) is 8.19. The summed E-state index contributed by atoms with van der Waals surface area (Å²) in [4.78, 5) is 14.0. The molecule has 1 heterocycles. The average Bonchev–Trinajstić information content (AvgIpc) is 2.57. The summed E-state index contributed by atoms with van der Waals surface area (Å²) in [6.45, 7) is 3.33. The van der Waals surface area contributed by atoms with Gasteiger partial charge in [0, 0.05) is 31.9 Å². The number of carbonyl (C=O) groups is 1. The Kier molecular flexibility index (Phi) is 4.76. The highest BCUT2D eigenvalue weighted by Crippen LogP contribution is 2.32. The first-order chi connectivity index (χ1) is 10.3. The molecule has 0 atom stereocenters.